The Morgan fingerprint density at radius 1 is 0.423 bits per heavy atom. The van der Waals surface area contributed by atoms with Crippen LogP contribution < -0.4 is 4.90 Å². The maximum absolute atomic E-state index is 13.5. The quantitative estimate of drug-likeness (QED) is 0.181. The van der Waals surface area contributed by atoms with Gasteiger partial charge in [0.25, 0.3) is 23.7 Å². The average molecular weight is 2330 g/mol. The van der Waals surface area contributed by atoms with E-state index in [-0.39, 0.29) is 107 Å². The van der Waals surface area contributed by atoms with Crippen LogP contribution in [0, 0.1) is 43.1 Å². The average Bonchev–Trinajstić information content (AvgIpc) is 1.59. The molecule has 0 spiro atoms. The molecule has 0 saturated heterocycles. The zero-order valence-electron chi connectivity index (χ0n) is 49.2. The number of ether oxygens (including phenoxy) is 2. The number of rotatable bonds is 6. The van der Waals surface area contributed by atoms with Crippen LogP contribution in [0.25, 0.3) is 16.7 Å². The van der Waals surface area contributed by atoms with Crippen LogP contribution in [-0.4, -0.2) is 147 Å². The smallest absolute Gasteiger partial charge is 0.360 e. The van der Waals surface area contributed by atoms with E-state index in [0.717, 1.165) is 48.8 Å². The molecular formula is C55H40F29Ir5N6O2-5. The van der Waals surface area contributed by atoms with Crippen molar-refractivity contribution < 1.29 is 237 Å². The van der Waals surface area contributed by atoms with E-state index >= 15 is 0 Å². The van der Waals surface area contributed by atoms with E-state index in [1.807, 2.05) is 0 Å². The predicted octanol–water partition coefficient (Wildman–Crippen LogP) is 16.3. The molecule has 555 valence electrons. The summed E-state index contributed by atoms with van der Waals surface area (Å²) in [6, 6.07) is 6.00. The zero-order chi connectivity index (χ0) is 70.8. The molecule has 0 N–H and O–H groups in total. The third-order valence-corrected chi connectivity index (χ3v) is 13.9. The Kier molecular flexibility index (Phi) is 27.0. The van der Waals surface area contributed by atoms with Gasteiger partial charge in [-0.3, -0.25) is 0 Å². The van der Waals surface area contributed by atoms with Gasteiger partial charge >= 0.3 is 47.4 Å². The first kappa shape index (κ1) is 91.1. The molecule has 10 rings (SSSR count). The molecule has 0 aromatic carbocycles. The van der Waals surface area contributed by atoms with E-state index in [2.05, 4.69) is 29.7 Å². The fraction of sp³-hybridized carbons (Fsp3) is 0.509. The van der Waals surface area contributed by atoms with Crippen molar-refractivity contribution in [2.45, 2.75) is 154 Å². The second kappa shape index (κ2) is 28.7. The van der Waals surface area contributed by atoms with Crippen molar-refractivity contribution in [3.05, 3.63) is 125 Å². The normalized spacial score (nSPS) is 24.9. The second-order valence-electron chi connectivity index (χ2n) is 22.5. The number of aromatic nitrogens is 3. The molecule has 0 bridgehead atoms. The summed E-state index contributed by atoms with van der Waals surface area (Å²) < 4.78 is 389. The van der Waals surface area contributed by atoms with Gasteiger partial charge in [0.1, 0.15) is 11.4 Å². The Morgan fingerprint density at radius 2 is 0.773 bits per heavy atom. The summed E-state index contributed by atoms with van der Waals surface area (Å²) in [5, 5.41) is 0. The molecule has 8 nitrogen and oxygen atoms in total. The van der Waals surface area contributed by atoms with E-state index in [4.69, 9.17) is 4.74 Å². The van der Waals surface area contributed by atoms with Crippen LogP contribution in [0.15, 0.2) is 76.1 Å². The van der Waals surface area contributed by atoms with Crippen molar-refractivity contribution in [1.82, 2.24) is 15.0 Å². The van der Waals surface area contributed by atoms with Gasteiger partial charge in [0.05, 0.1) is 35.9 Å². The van der Waals surface area contributed by atoms with E-state index in [9.17, 15) is 127 Å². The minimum atomic E-state index is -5.62. The Morgan fingerprint density at radius 3 is 1.06 bits per heavy atom. The van der Waals surface area contributed by atoms with Crippen molar-refractivity contribution >= 4 is 34.2 Å². The molecule has 5 radical (unpaired) electrons. The maximum Gasteiger partial charge on any atom is 0.360 e. The van der Waals surface area contributed by atoms with Crippen LogP contribution in [0.2, 0.25) is 0 Å². The fourth-order valence-electron chi connectivity index (χ4n) is 8.08. The molecule has 0 fully saturated rings. The Labute approximate surface area is 597 Å². The maximum atomic E-state index is 13.5. The van der Waals surface area contributed by atoms with Gasteiger partial charge in [-0.15, -0.1) is 22.8 Å². The van der Waals surface area contributed by atoms with Crippen LogP contribution in [0.1, 0.15) is 70.6 Å². The summed E-state index contributed by atoms with van der Waals surface area (Å²) >= 11 is 0. The fourth-order valence-corrected chi connectivity index (χ4v) is 8.08. The van der Waals surface area contributed by atoms with Crippen molar-refractivity contribution in [1.29, 1.82) is 0 Å². The van der Waals surface area contributed by atoms with Crippen molar-refractivity contribution in [2.24, 2.45) is 9.98 Å². The van der Waals surface area contributed by atoms with Gasteiger partial charge in [-0.25, -0.2) is 57.1 Å². The van der Waals surface area contributed by atoms with Gasteiger partial charge in [0.2, 0.25) is 11.8 Å². The van der Waals surface area contributed by atoms with Crippen LogP contribution in [-0.2, 0) is 110 Å². The monoisotopic (exact) mass is 2330 g/mol. The van der Waals surface area contributed by atoms with Crippen LogP contribution in [0.4, 0.5) is 133 Å². The van der Waals surface area contributed by atoms with Gasteiger partial charge in [-0.1, -0.05) is 45.9 Å². The van der Waals surface area contributed by atoms with Gasteiger partial charge < -0.3 is 39.3 Å². The number of halogens is 29. The van der Waals surface area contributed by atoms with Crippen LogP contribution in [0.3, 0.4) is 0 Å². The summed E-state index contributed by atoms with van der Waals surface area (Å²) in [6.07, 6.45) is 6.09. The van der Waals surface area contributed by atoms with Crippen LogP contribution in [0.5, 0.6) is 0 Å². The number of anilines is 1. The summed E-state index contributed by atoms with van der Waals surface area (Å²) in [5.41, 5.74) is -11.6. The number of pyridine rings is 3. The van der Waals surface area contributed by atoms with Crippen molar-refractivity contribution in [3.8, 4) is 0 Å². The van der Waals surface area contributed by atoms with E-state index in [1.54, 1.807) is 41.8 Å². The summed E-state index contributed by atoms with van der Waals surface area (Å²) in [5.74, 6) is -72.4. The van der Waals surface area contributed by atoms with Crippen molar-refractivity contribution in [3.63, 3.8) is 0 Å². The first-order valence-electron chi connectivity index (χ1n) is 25.2. The Hall–Kier alpha value is -3.89. The van der Waals surface area contributed by atoms with Gasteiger partial charge in [0, 0.05) is 139 Å². The summed E-state index contributed by atoms with van der Waals surface area (Å²) in [6.45, 7) is 11.1. The van der Waals surface area contributed by atoms with Crippen LogP contribution >= 0.6 is 0 Å². The Balaban J connectivity index is 0.000000599. The predicted molar refractivity (Wildman–Crippen MR) is 263 cm³/mol. The first-order valence-corrected chi connectivity index (χ1v) is 25.2. The van der Waals surface area contributed by atoms with Gasteiger partial charge in [-0.05, 0) is 66.7 Å². The molecule has 3 aromatic rings. The molecule has 3 aromatic heterocycles. The van der Waals surface area contributed by atoms with Gasteiger partial charge in [-0.2, -0.15) is 101 Å². The first-order chi connectivity index (χ1) is 41.0. The third-order valence-electron chi connectivity index (χ3n) is 13.9. The minimum absolute atomic E-state index is 0. The van der Waals surface area contributed by atoms with E-state index in [0.29, 0.717) is 29.6 Å². The number of hydrogen-bond acceptors (Lipinski definition) is 8. The molecule has 0 amide bonds. The minimum Gasteiger partial charge on any atom is -0.560 e. The van der Waals surface area contributed by atoms with E-state index < -0.39 is 169 Å². The second-order valence-corrected chi connectivity index (χ2v) is 22.5. The van der Waals surface area contributed by atoms with E-state index in [1.165, 1.54) is 43.9 Å². The molecular weight excluding hydrogens is 2290 g/mol. The number of aryl methyl sites for hydroxylation is 1. The molecule has 42 heteroatoms. The molecule has 5 heterocycles. The zero-order valence-corrected chi connectivity index (χ0v) is 61.2. The topological polar surface area (TPSA) is 85.1 Å². The summed E-state index contributed by atoms with van der Waals surface area (Å²) in [7, 11) is 3.15. The molecule has 7 aliphatic rings. The third kappa shape index (κ3) is 16.5. The number of aliphatic imine (C=N–C) groups is 2. The Bertz CT molecular complexity index is 3510. The molecule has 0 unspecified atom stereocenters. The number of nitrogens with zero attached hydrogens (tertiary/aromatic N) is 6. The van der Waals surface area contributed by atoms with Crippen molar-refractivity contribution in [2.75, 3.05) is 25.6 Å². The molecule has 0 saturated carbocycles. The molecule has 5 aliphatic carbocycles. The SMILES string of the molecule is CC1(C)COC(C2=[C-]C(F)(F)C(F)(F)C2(F)F)=N1.CC1(C)N=C(C2=[C-]C(F)(F)CC2(F)F)OC1(C)C.CN(C)c1ccnc(C2=[C-]C(F)(F)C(F)(F)C2(F)F)c1.Cc1ccnc(C2=[C-]C(F)(F)C(F)(F)C2(F)F)c1.Fc1ccnc(C2=[C-]C(F)(F)C(F)(F)C2(F)F)c1.[Ir].[Ir].[Ir].[Ir].[Ir]. The molecule has 97 heavy (non-hydrogen) atoms. The number of alkyl halides is 28. The summed E-state index contributed by atoms with van der Waals surface area (Å²) in [4.78, 5) is 19.1. The number of allylic oxidation sites excluding steroid dienone is 8. The standard InChI is InChI=1S/C12H9F6N2.C12H14F4NO.C11H6F6N.C10H3F7N.C10H8F6NO.5Ir/c1-20(2)7-3-4-19-9(5-7)8-6-10(13,14)12(17,18)11(8,15)16;1-9(2)10(3,4)18-8(17-9)7-5-11(13,14)6-12(7,15)16;1-6-2-3-18-8(4-6)7-5-9(12,13)11(16,17)10(7,14)15;11-5-1-2-18-7(3-5)6-4-8(12,13)10(16,17)9(6,14)15;1-7(2)4-18-6(17-7)5-3-8(11,12)10(15,16)9(5,13)14;;;;;/h3-5H,1-2H3;6H2,1-4H3;2-4H,1H3;1-3H;4H2,1-2H3;;;;;/q5*-1;;;;;. The van der Waals surface area contributed by atoms with Gasteiger partial charge in [0.15, 0.2) is 0 Å². The molecule has 2 aliphatic heterocycles. The largest absolute Gasteiger partial charge is 0.560 e. The number of hydrogen-bond donors (Lipinski definition) is 0. The molecule has 0 atom stereocenters.